The van der Waals surface area contributed by atoms with Crippen molar-refractivity contribution in [2.75, 3.05) is 6.61 Å². The number of hydroxylamine groups is 2. The van der Waals surface area contributed by atoms with Gasteiger partial charge in [-0.3, -0.25) is 14.4 Å². The van der Waals surface area contributed by atoms with Gasteiger partial charge in [-0.25, -0.2) is 23.2 Å². The SMILES string of the molecule is NC(=O)c1cc2ncn(CC3CCC(C(=O)N4OCC[C@H]4c4cc(F)cc(F)c4)CC3)c2cc1F. The highest BCUT2D eigenvalue weighted by atomic mass is 19.1. The van der Waals surface area contributed by atoms with Gasteiger partial charge >= 0.3 is 0 Å². The first kappa shape index (κ1) is 23.3. The number of rotatable bonds is 5. The number of imidazole rings is 1. The largest absolute Gasteiger partial charge is 0.366 e. The maximum Gasteiger partial charge on any atom is 0.251 e. The molecule has 1 aromatic heterocycles. The molecule has 2 aliphatic rings. The molecule has 0 bridgehead atoms. The Hall–Kier alpha value is -3.40. The summed E-state index contributed by atoms with van der Waals surface area (Å²) in [4.78, 5) is 34.4. The molecule has 0 unspecified atom stereocenters. The first-order valence-electron chi connectivity index (χ1n) is 11.7. The Morgan fingerprint density at radius 2 is 1.71 bits per heavy atom. The Morgan fingerprint density at radius 1 is 1.00 bits per heavy atom. The fourth-order valence-corrected chi connectivity index (χ4v) is 5.22. The maximum absolute atomic E-state index is 14.3. The van der Waals surface area contributed by atoms with Gasteiger partial charge in [-0.1, -0.05) is 0 Å². The minimum Gasteiger partial charge on any atom is -0.366 e. The van der Waals surface area contributed by atoms with E-state index in [0.29, 0.717) is 49.0 Å². The molecular formula is C25H25F3N4O3. The number of carbonyl (C=O) groups excluding carboxylic acids is 2. The summed E-state index contributed by atoms with van der Waals surface area (Å²) in [7, 11) is 0. The molecule has 0 spiro atoms. The third-order valence-corrected chi connectivity index (χ3v) is 7.02. The number of hydrogen-bond donors (Lipinski definition) is 1. The van der Waals surface area contributed by atoms with Crippen LogP contribution in [0, 0.1) is 29.3 Å². The summed E-state index contributed by atoms with van der Waals surface area (Å²) in [5.74, 6) is -3.02. The number of primary amides is 1. The van der Waals surface area contributed by atoms with Crippen LogP contribution in [0.25, 0.3) is 11.0 Å². The van der Waals surface area contributed by atoms with Crippen molar-refractivity contribution in [2.45, 2.75) is 44.7 Å². The van der Waals surface area contributed by atoms with Crippen molar-refractivity contribution in [2.24, 2.45) is 17.6 Å². The smallest absolute Gasteiger partial charge is 0.251 e. The van der Waals surface area contributed by atoms with Gasteiger partial charge in [0.1, 0.15) is 17.5 Å². The van der Waals surface area contributed by atoms with E-state index in [1.54, 1.807) is 6.33 Å². The summed E-state index contributed by atoms with van der Waals surface area (Å²) in [5.41, 5.74) is 6.49. The number of carbonyl (C=O) groups is 2. The second-order valence-corrected chi connectivity index (χ2v) is 9.30. The number of nitrogens with zero attached hydrogens (tertiary/aromatic N) is 3. The van der Waals surface area contributed by atoms with Crippen LogP contribution in [0.1, 0.15) is 54.1 Å². The van der Waals surface area contributed by atoms with Gasteiger partial charge in [-0.2, -0.15) is 0 Å². The van der Waals surface area contributed by atoms with Crippen molar-refractivity contribution in [1.82, 2.24) is 14.6 Å². The summed E-state index contributed by atoms with van der Waals surface area (Å²) in [6.07, 6.45) is 4.97. The maximum atomic E-state index is 14.3. The number of amides is 2. The summed E-state index contributed by atoms with van der Waals surface area (Å²) in [5, 5.41) is 1.29. The van der Waals surface area contributed by atoms with Crippen molar-refractivity contribution in [3.8, 4) is 0 Å². The summed E-state index contributed by atoms with van der Waals surface area (Å²) >= 11 is 0. The van der Waals surface area contributed by atoms with Crippen LogP contribution in [-0.4, -0.2) is 33.0 Å². The van der Waals surface area contributed by atoms with Crippen LogP contribution in [0.3, 0.4) is 0 Å². The van der Waals surface area contributed by atoms with Gasteiger partial charge < -0.3 is 10.3 Å². The molecule has 5 rings (SSSR count). The quantitative estimate of drug-likeness (QED) is 0.583. The Bertz CT molecular complexity index is 1270. The second-order valence-electron chi connectivity index (χ2n) is 9.30. The topological polar surface area (TPSA) is 90.5 Å². The van der Waals surface area contributed by atoms with Crippen molar-refractivity contribution >= 4 is 22.8 Å². The fraction of sp³-hybridized carbons (Fsp3) is 0.400. The van der Waals surface area contributed by atoms with E-state index in [-0.39, 0.29) is 23.3 Å². The van der Waals surface area contributed by atoms with Crippen LogP contribution < -0.4 is 5.73 Å². The molecule has 2 N–H and O–H groups in total. The highest BCUT2D eigenvalue weighted by Crippen LogP contribution is 2.37. The van der Waals surface area contributed by atoms with Gasteiger partial charge in [-0.05, 0) is 55.4 Å². The Kier molecular flexibility index (Phi) is 6.22. The fourth-order valence-electron chi connectivity index (χ4n) is 5.22. The Balaban J connectivity index is 1.23. The molecule has 1 saturated carbocycles. The lowest BCUT2D eigenvalue weighted by molar-refractivity contribution is -0.183. The molecule has 1 aliphatic carbocycles. The van der Waals surface area contributed by atoms with E-state index >= 15 is 0 Å². The Morgan fingerprint density at radius 3 is 2.40 bits per heavy atom. The Labute approximate surface area is 199 Å². The molecule has 10 heteroatoms. The van der Waals surface area contributed by atoms with Gasteiger partial charge in [0.25, 0.3) is 5.91 Å². The molecule has 35 heavy (non-hydrogen) atoms. The highest BCUT2D eigenvalue weighted by molar-refractivity contribution is 5.96. The van der Waals surface area contributed by atoms with Gasteiger partial charge in [-0.15, -0.1) is 0 Å². The van der Waals surface area contributed by atoms with E-state index < -0.39 is 29.4 Å². The molecule has 2 fully saturated rings. The van der Waals surface area contributed by atoms with Crippen molar-refractivity contribution in [3.05, 3.63) is 65.2 Å². The monoisotopic (exact) mass is 486 g/mol. The van der Waals surface area contributed by atoms with E-state index in [4.69, 9.17) is 10.6 Å². The van der Waals surface area contributed by atoms with Gasteiger partial charge in [0.2, 0.25) is 5.91 Å². The van der Waals surface area contributed by atoms with Crippen LogP contribution in [0.15, 0.2) is 36.7 Å². The third kappa shape index (κ3) is 4.62. The lowest BCUT2D eigenvalue weighted by Gasteiger charge is -2.32. The van der Waals surface area contributed by atoms with E-state index in [0.717, 1.165) is 18.9 Å². The third-order valence-electron chi connectivity index (χ3n) is 7.02. The summed E-state index contributed by atoms with van der Waals surface area (Å²) in [6, 6.07) is 5.41. The van der Waals surface area contributed by atoms with Gasteiger partial charge in [0.05, 0.1) is 35.6 Å². The second kappa shape index (κ2) is 9.33. The standard InChI is InChI=1S/C25H25F3N4O3/c26-17-7-16(8-18(27)9-17)22-5-6-35-32(22)25(34)15-3-1-14(2-4-15)12-31-13-30-21-10-19(24(29)33)20(28)11-23(21)31/h7-11,13-15,22H,1-6,12H2,(H2,29,33)/t14?,15?,22-/m0/s1. The van der Waals surface area contributed by atoms with Crippen LogP contribution in [0.2, 0.25) is 0 Å². The summed E-state index contributed by atoms with van der Waals surface area (Å²) < 4.78 is 43.5. The number of benzene rings is 2. The number of aromatic nitrogens is 2. The lowest BCUT2D eigenvalue weighted by atomic mass is 9.81. The van der Waals surface area contributed by atoms with E-state index in [1.807, 2.05) is 4.57 Å². The highest BCUT2D eigenvalue weighted by Gasteiger charge is 2.37. The average molecular weight is 486 g/mol. The first-order chi connectivity index (χ1) is 16.8. The minimum atomic E-state index is -0.839. The molecule has 2 aromatic carbocycles. The molecule has 1 saturated heterocycles. The zero-order valence-corrected chi connectivity index (χ0v) is 18.9. The van der Waals surface area contributed by atoms with Crippen molar-refractivity contribution in [3.63, 3.8) is 0 Å². The first-order valence-corrected chi connectivity index (χ1v) is 11.7. The van der Waals surface area contributed by atoms with E-state index in [1.165, 1.54) is 29.3 Å². The van der Waals surface area contributed by atoms with Crippen molar-refractivity contribution in [1.29, 1.82) is 0 Å². The predicted molar refractivity (Wildman–Crippen MR) is 120 cm³/mol. The van der Waals surface area contributed by atoms with Crippen LogP contribution in [0.5, 0.6) is 0 Å². The molecule has 1 atom stereocenters. The summed E-state index contributed by atoms with van der Waals surface area (Å²) in [6.45, 7) is 0.920. The lowest BCUT2D eigenvalue weighted by Crippen LogP contribution is -2.37. The molecule has 7 nitrogen and oxygen atoms in total. The minimum absolute atomic E-state index is 0.162. The zero-order chi connectivity index (χ0) is 24.7. The van der Waals surface area contributed by atoms with Crippen LogP contribution in [-0.2, 0) is 16.2 Å². The number of nitrogens with two attached hydrogens (primary N) is 1. The molecular weight excluding hydrogens is 461 g/mol. The molecule has 0 radical (unpaired) electrons. The van der Waals surface area contributed by atoms with Crippen LogP contribution in [0.4, 0.5) is 13.2 Å². The molecule has 2 heterocycles. The van der Waals surface area contributed by atoms with E-state index in [2.05, 4.69) is 4.98 Å². The molecule has 2 amide bonds. The number of fused-ring (bicyclic) bond motifs is 1. The molecule has 184 valence electrons. The number of hydrogen-bond acceptors (Lipinski definition) is 4. The normalized spacial score (nSPS) is 22.6. The van der Waals surface area contributed by atoms with Gasteiger partial charge in [0, 0.05) is 31.0 Å². The predicted octanol–water partition coefficient (Wildman–Crippen LogP) is 4.26. The molecule has 1 aliphatic heterocycles. The van der Waals surface area contributed by atoms with Crippen molar-refractivity contribution < 1.29 is 27.6 Å². The number of halogens is 3. The zero-order valence-electron chi connectivity index (χ0n) is 18.9. The van der Waals surface area contributed by atoms with Gasteiger partial charge in [0.15, 0.2) is 0 Å². The molecule has 3 aromatic rings. The average Bonchev–Trinajstić information content (AvgIpc) is 3.45. The van der Waals surface area contributed by atoms with E-state index in [9.17, 15) is 22.8 Å². The van der Waals surface area contributed by atoms with Crippen LogP contribution >= 0.6 is 0 Å².